The summed E-state index contributed by atoms with van der Waals surface area (Å²) in [6, 6.07) is 6.19. The molecule has 0 spiro atoms. The maximum Gasteiger partial charge on any atom is 0.422 e. The number of rotatable bonds is 6. The van der Waals surface area contributed by atoms with Crippen LogP contribution < -0.4 is 15.8 Å². The van der Waals surface area contributed by atoms with Crippen molar-refractivity contribution in [2.24, 2.45) is 11.1 Å². The molecular formula is C16H22ClF3N2O2. The lowest BCUT2D eigenvalue weighted by Gasteiger charge is -2.25. The monoisotopic (exact) mass is 366 g/mol. The van der Waals surface area contributed by atoms with Crippen molar-refractivity contribution in [3.63, 3.8) is 0 Å². The molecule has 0 bridgehead atoms. The van der Waals surface area contributed by atoms with Crippen LogP contribution in [0.5, 0.6) is 5.75 Å². The fourth-order valence-corrected chi connectivity index (χ4v) is 2.81. The Morgan fingerprint density at radius 2 is 1.79 bits per heavy atom. The Morgan fingerprint density at radius 3 is 2.29 bits per heavy atom. The summed E-state index contributed by atoms with van der Waals surface area (Å²) < 4.78 is 40.8. The van der Waals surface area contributed by atoms with Gasteiger partial charge in [0.1, 0.15) is 5.75 Å². The van der Waals surface area contributed by atoms with Gasteiger partial charge in [-0.15, -0.1) is 12.4 Å². The smallest absolute Gasteiger partial charge is 0.422 e. The molecule has 1 aliphatic rings. The van der Waals surface area contributed by atoms with Gasteiger partial charge in [0.15, 0.2) is 6.61 Å². The molecule has 0 atom stereocenters. The molecular weight excluding hydrogens is 345 g/mol. The fraction of sp³-hybridized carbons (Fsp3) is 0.562. The summed E-state index contributed by atoms with van der Waals surface area (Å²) in [6.07, 6.45) is -0.727. The summed E-state index contributed by atoms with van der Waals surface area (Å²) in [5.41, 5.74) is 6.09. The average molecular weight is 367 g/mol. The molecule has 1 aliphatic carbocycles. The van der Waals surface area contributed by atoms with Crippen LogP contribution in [-0.4, -0.2) is 25.2 Å². The van der Waals surface area contributed by atoms with Crippen LogP contribution in [0, 0.1) is 5.41 Å². The normalized spacial score (nSPS) is 16.3. The van der Waals surface area contributed by atoms with Crippen LogP contribution in [0.1, 0.15) is 31.2 Å². The van der Waals surface area contributed by atoms with E-state index < -0.39 is 18.2 Å². The molecule has 0 aliphatic heterocycles. The number of alkyl halides is 3. The van der Waals surface area contributed by atoms with E-state index in [0.717, 1.165) is 31.2 Å². The Morgan fingerprint density at radius 1 is 1.21 bits per heavy atom. The third-order valence-corrected chi connectivity index (χ3v) is 4.21. The second-order valence-corrected chi connectivity index (χ2v) is 5.92. The van der Waals surface area contributed by atoms with Crippen LogP contribution in [0.25, 0.3) is 0 Å². The van der Waals surface area contributed by atoms with Crippen molar-refractivity contribution in [2.45, 2.75) is 38.4 Å². The van der Waals surface area contributed by atoms with E-state index in [0.29, 0.717) is 13.1 Å². The van der Waals surface area contributed by atoms with Crippen molar-refractivity contribution in [1.29, 1.82) is 0 Å². The first-order valence-corrected chi connectivity index (χ1v) is 7.61. The van der Waals surface area contributed by atoms with Crippen molar-refractivity contribution in [2.75, 3.05) is 13.2 Å². The van der Waals surface area contributed by atoms with E-state index in [1.165, 1.54) is 12.1 Å². The quantitative estimate of drug-likeness (QED) is 0.812. The highest BCUT2D eigenvalue weighted by Crippen LogP contribution is 2.37. The molecule has 0 heterocycles. The predicted molar refractivity (Wildman–Crippen MR) is 87.0 cm³/mol. The van der Waals surface area contributed by atoms with Gasteiger partial charge in [-0.2, -0.15) is 13.2 Å². The van der Waals surface area contributed by atoms with Crippen LogP contribution in [-0.2, 0) is 11.3 Å². The van der Waals surface area contributed by atoms with Gasteiger partial charge in [0.2, 0.25) is 5.91 Å². The Hall–Kier alpha value is -1.47. The molecule has 0 unspecified atom stereocenters. The number of halogens is 4. The molecule has 1 saturated carbocycles. The molecule has 2 rings (SSSR count). The lowest BCUT2D eigenvalue weighted by atomic mass is 9.85. The number of carbonyl (C=O) groups is 1. The summed E-state index contributed by atoms with van der Waals surface area (Å²) in [4.78, 5) is 12.3. The topological polar surface area (TPSA) is 64.4 Å². The van der Waals surface area contributed by atoms with E-state index in [1.54, 1.807) is 12.1 Å². The van der Waals surface area contributed by atoms with Gasteiger partial charge in [0.25, 0.3) is 0 Å². The maximum absolute atomic E-state index is 12.3. The molecule has 4 nitrogen and oxygen atoms in total. The standard InChI is InChI=1S/C16H21F3N2O2.ClH/c17-16(18,19)11-23-13-5-3-12(4-6-13)9-21-14(22)15(10-20)7-1-2-8-15;/h3-6H,1-2,7-11,20H2,(H,21,22);1H. The highest BCUT2D eigenvalue weighted by molar-refractivity contribution is 5.85. The number of carbonyl (C=O) groups excluding carboxylic acids is 1. The van der Waals surface area contributed by atoms with Crippen molar-refractivity contribution in [3.05, 3.63) is 29.8 Å². The largest absolute Gasteiger partial charge is 0.484 e. The molecule has 1 aromatic rings. The summed E-state index contributed by atoms with van der Waals surface area (Å²) in [7, 11) is 0. The van der Waals surface area contributed by atoms with Crippen LogP contribution >= 0.6 is 12.4 Å². The summed E-state index contributed by atoms with van der Waals surface area (Å²) in [6.45, 7) is -0.661. The molecule has 3 N–H and O–H groups in total. The predicted octanol–water partition coefficient (Wildman–Crippen LogP) is 3.18. The van der Waals surface area contributed by atoms with Gasteiger partial charge in [-0.1, -0.05) is 25.0 Å². The first-order valence-electron chi connectivity index (χ1n) is 7.61. The van der Waals surface area contributed by atoms with Gasteiger partial charge in [-0.25, -0.2) is 0 Å². The third-order valence-electron chi connectivity index (χ3n) is 4.21. The van der Waals surface area contributed by atoms with E-state index in [2.05, 4.69) is 10.1 Å². The Bertz CT molecular complexity index is 529. The second-order valence-electron chi connectivity index (χ2n) is 5.92. The lowest BCUT2D eigenvalue weighted by molar-refractivity contribution is -0.153. The SMILES string of the molecule is Cl.NCC1(C(=O)NCc2ccc(OCC(F)(F)F)cc2)CCCC1. The summed E-state index contributed by atoms with van der Waals surface area (Å²) >= 11 is 0. The van der Waals surface area contributed by atoms with Crippen molar-refractivity contribution < 1.29 is 22.7 Å². The average Bonchev–Trinajstić information content (AvgIpc) is 3.01. The summed E-state index contributed by atoms with van der Waals surface area (Å²) in [5, 5.41) is 2.87. The van der Waals surface area contributed by atoms with Crippen LogP contribution in [0.2, 0.25) is 0 Å². The first kappa shape index (κ1) is 20.6. The molecule has 1 fully saturated rings. The number of nitrogens with two attached hydrogens (primary N) is 1. The molecule has 136 valence electrons. The number of amides is 1. The molecule has 0 saturated heterocycles. The van der Waals surface area contributed by atoms with E-state index in [1.807, 2.05) is 0 Å². The van der Waals surface area contributed by atoms with E-state index in [4.69, 9.17) is 5.73 Å². The number of hydrogen-bond acceptors (Lipinski definition) is 3. The third kappa shape index (κ3) is 5.56. The maximum atomic E-state index is 12.3. The van der Waals surface area contributed by atoms with Crippen LogP contribution in [0.3, 0.4) is 0 Å². The fourth-order valence-electron chi connectivity index (χ4n) is 2.81. The number of ether oxygens (including phenoxy) is 1. The number of benzene rings is 1. The van der Waals surface area contributed by atoms with Crippen molar-refractivity contribution >= 4 is 18.3 Å². The molecule has 1 amide bonds. The van der Waals surface area contributed by atoms with Crippen LogP contribution in [0.4, 0.5) is 13.2 Å². The molecule has 1 aromatic carbocycles. The highest BCUT2D eigenvalue weighted by Gasteiger charge is 2.39. The molecule has 0 aromatic heterocycles. The first-order chi connectivity index (χ1) is 10.8. The van der Waals surface area contributed by atoms with Crippen molar-refractivity contribution in [3.8, 4) is 5.75 Å². The lowest BCUT2D eigenvalue weighted by Crippen LogP contribution is -2.43. The van der Waals surface area contributed by atoms with E-state index in [9.17, 15) is 18.0 Å². The highest BCUT2D eigenvalue weighted by atomic mass is 35.5. The van der Waals surface area contributed by atoms with E-state index >= 15 is 0 Å². The van der Waals surface area contributed by atoms with Gasteiger partial charge in [-0.05, 0) is 30.5 Å². The molecule has 0 radical (unpaired) electrons. The van der Waals surface area contributed by atoms with Gasteiger partial charge >= 0.3 is 6.18 Å². The second kappa shape index (κ2) is 8.58. The summed E-state index contributed by atoms with van der Waals surface area (Å²) in [5.74, 6) is 0.0986. The number of hydrogen-bond donors (Lipinski definition) is 2. The van der Waals surface area contributed by atoms with Crippen molar-refractivity contribution in [1.82, 2.24) is 5.32 Å². The van der Waals surface area contributed by atoms with Gasteiger partial charge in [-0.3, -0.25) is 4.79 Å². The van der Waals surface area contributed by atoms with Gasteiger partial charge in [0, 0.05) is 13.1 Å². The van der Waals surface area contributed by atoms with Crippen LogP contribution in [0.15, 0.2) is 24.3 Å². The Labute approximate surface area is 145 Å². The minimum absolute atomic E-state index is 0. The Kier molecular flexibility index (Phi) is 7.35. The van der Waals surface area contributed by atoms with Gasteiger partial charge < -0.3 is 15.8 Å². The van der Waals surface area contributed by atoms with E-state index in [-0.39, 0.29) is 24.1 Å². The minimum Gasteiger partial charge on any atom is -0.484 e. The minimum atomic E-state index is -4.36. The molecule has 24 heavy (non-hydrogen) atoms. The zero-order chi connectivity index (χ0) is 16.9. The zero-order valence-electron chi connectivity index (χ0n) is 13.2. The zero-order valence-corrected chi connectivity index (χ0v) is 14.0. The number of nitrogens with one attached hydrogen (secondary N) is 1. The molecule has 8 heteroatoms. The Balaban J connectivity index is 0.00000288. The van der Waals surface area contributed by atoms with Gasteiger partial charge in [0.05, 0.1) is 5.41 Å².